The highest BCUT2D eigenvalue weighted by atomic mass is 79.9. The number of furan rings is 1. The van der Waals surface area contributed by atoms with Crippen LogP contribution in [0.15, 0.2) is 62.6 Å². The molecule has 0 spiro atoms. The number of benzene rings is 2. The van der Waals surface area contributed by atoms with Crippen molar-refractivity contribution in [1.82, 2.24) is 14.8 Å². The first-order valence-electron chi connectivity index (χ1n) is 10.1. The van der Waals surface area contributed by atoms with Crippen molar-refractivity contribution in [3.05, 3.63) is 58.6 Å². The second kappa shape index (κ2) is 9.80. The van der Waals surface area contributed by atoms with E-state index in [9.17, 15) is 9.59 Å². The van der Waals surface area contributed by atoms with E-state index in [0.717, 1.165) is 15.4 Å². The molecule has 33 heavy (non-hydrogen) atoms. The summed E-state index contributed by atoms with van der Waals surface area (Å²) in [6, 6.07) is 14.3. The average Bonchev–Trinajstić information content (AvgIpc) is 3.34. The summed E-state index contributed by atoms with van der Waals surface area (Å²) < 4.78 is 13.8. The summed E-state index contributed by atoms with van der Waals surface area (Å²) in [6.45, 7) is 3.57. The van der Waals surface area contributed by atoms with Crippen LogP contribution in [0.4, 0.5) is 5.69 Å². The molecule has 1 amide bonds. The zero-order valence-electron chi connectivity index (χ0n) is 18.2. The fourth-order valence-corrected chi connectivity index (χ4v) is 4.20. The lowest BCUT2D eigenvalue weighted by molar-refractivity contribution is -0.113. The minimum absolute atomic E-state index is 0.125. The molecule has 0 atom stereocenters. The molecule has 4 rings (SSSR count). The molecule has 0 unspecified atom stereocenters. The molecule has 0 radical (unpaired) electrons. The number of carbonyl (C=O) groups excluding carboxylic acids is 2. The number of nitrogens with one attached hydrogen (secondary N) is 1. The molecule has 4 aromatic rings. The van der Waals surface area contributed by atoms with Gasteiger partial charge in [-0.15, -0.1) is 10.2 Å². The fraction of sp³-hybridized carbons (Fsp3) is 0.217. The van der Waals surface area contributed by atoms with E-state index in [1.54, 1.807) is 42.7 Å². The van der Waals surface area contributed by atoms with Crippen molar-refractivity contribution in [2.75, 3.05) is 11.1 Å². The summed E-state index contributed by atoms with van der Waals surface area (Å²) in [7, 11) is 1.82. The first-order valence-corrected chi connectivity index (χ1v) is 11.9. The van der Waals surface area contributed by atoms with Crippen molar-refractivity contribution in [1.29, 1.82) is 0 Å². The Labute approximate surface area is 202 Å². The Morgan fingerprint density at radius 3 is 2.79 bits per heavy atom. The number of ether oxygens (including phenoxy) is 1. The third-order valence-corrected chi connectivity index (χ3v) is 6.10. The maximum atomic E-state index is 12.5. The summed E-state index contributed by atoms with van der Waals surface area (Å²) in [5.41, 5.74) is 1.65. The summed E-state index contributed by atoms with van der Waals surface area (Å²) in [5.74, 6) is 0.633. The van der Waals surface area contributed by atoms with Gasteiger partial charge in [0, 0.05) is 22.6 Å². The van der Waals surface area contributed by atoms with E-state index in [2.05, 4.69) is 31.4 Å². The fourth-order valence-electron chi connectivity index (χ4n) is 3.11. The molecule has 0 bridgehead atoms. The maximum absolute atomic E-state index is 12.5. The maximum Gasteiger partial charge on any atom is 0.338 e. The van der Waals surface area contributed by atoms with Gasteiger partial charge in [0.2, 0.25) is 5.91 Å². The summed E-state index contributed by atoms with van der Waals surface area (Å²) >= 11 is 4.71. The molecule has 2 aromatic carbocycles. The number of nitrogens with zero attached hydrogens (tertiary/aromatic N) is 3. The standard InChI is InChI=1S/C23H21BrN4O4S/c1-13(2)31-22(30)14-5-4-6-17(10-14)25-20(29)12-33-23-27-26-21(28(23)3)19-11-15-9-16(24)7-8-18(15)32-19/h4-11,13H,12H2,1-3H3,(H,25,29). The minimum Gasteiger partial charge on any atom is -0.459 e. The number of thioether (sulfide) groups is 1. The molecular weight excluding hydrogens is 508 g/mol. The highest BCUT2D eigenvalue weighted by molar-refractivity contribution is 9.10. The zero-order valence-corrected chi connectivity index (χ0v) is 20.6. The third kappa shape index (κ3) is 5.45. The number of aromatic nitrogens is 3. The molecule has 2 aromatic heterocycles. The lowest BCUT2D eigenvalue weighted by atomic mass is 10.2. The van der Waals surface area contributed by atoms with Crippen molar-refractivity contribution in [3.63, 3.8) is 0 Å². The SMILES string of the molecule is CC(C)OC(=O)c1cccc(NC(=O)CSc2nnc(-c3cc4cc(Br)ccc4o3)n2C)c1. The van der Waals surface area contributed by atoms with Crippen LogP contribution in [0.1, 0.15) is 24.2 Å². The van der Waals surface area contributed by atoms with Gasteiger partial charge in [-0.3, -0.25) is 4.79 Å². The Balaban J connectivity index is 1.40. The number of carbonyl (C=O) groups is 2. The van der Waals surface area contributed by atoms with Crippen molar-refractivity contribution in [2.24, 2.45) is 7.05 Å². The first-order chi connectivity index (χ1) is 15.8. The minimum atomic E-state index is -0.431. The van der Waals surface area contributed by atoms with Gasteiger partial charge in [-0.25, -0.2) is 4.79 Å². The normalized spacial score (nSPS) is 11.2. The molecule has 1 N–H and O–H groups in total. The highest BCUT2D eigenvalue weighted by Crippen LogP contribution is 2.30. The average molecular weight is 529 g/mol. The molecule has 0 aliphatic rings. The Bertz CT molecular complexity index is 1330. The number of hydrogen-bond donors (Lipinski definition) is 1. The van der Waals surface area contributed by atoms with Gasteiger partial charge < -0.3 is 19.0 Å². The van der Waals surface area contributed by atoms with Crippen LogP contribution in [-0.4, -0.2) is 38.5 Å². The number of esters is 1. The number of hydrogen-bond acceptors (Lipinski definition) is 7. The van der Waals surface area contributed by atoms with Gasteiger partial charge >= 0.3 is 5.97 Å². The van der Waals surface area contributed by atoms with E-state index < -0.39 is 5.97 Å². The number of fused-ring (bicyclic) bond motifs is 1. The molecular formula is C23H21BrN4O4S. The largest absolute Gasteiger partial charge is 0.459 e. The zero-order chi connectivity index (χ0) is 23.5. The van der Waals surface area contributed by atoms with Crippen LogP contribution in [0.5, 0.6) is 0 Å². The van der Waals surface area contributed by atoms with Crippen LogP contribution in [-0.2, 0) is 16.6 Å². The van der Waals surface area contributed by atoms with Crippen LogP contribution in [0, 0.1) is 0 Å². The van der Waals surface area contributed by atoms with Crippen molar-refractivity contribution in [3.8, 4) is 11.6 Å². The van der Waals surface area contributed by atoms with Gasteiger partial charge in [-0.05, 0) is 56.3 Å². The number of amides is 1. The van der Waals surface area contributed by atoms with Gasteiger partial charge in [-0.2, -0.15) is 0 Å². The molecule has 10 heteroatoms. The number of anilines is 1. The number of rotatable bonds is 7. The van der Waals surface area contributed by atoms with E-state index in [-0.39, 0.29) is 17.8 Å². The van der Waals surface area contributed by atoms with Gasteiger partial charge in [0.15, 0.2) is 16.7 Å². The van der Waals surface area contributed by atoms with Crippen LogP contribution >= 0.6 is 27.7 Å². The van der Waals surface area contributed by atoms with E-state index in [1.807, 2.05) is 31.3 Å². The van der Waals surface area contributed by atoms with E-state index >= 15 is 0 Å². The van der Waals surface area contributed by atoms with E-state index in [0.29, 0.717) is 28.0 Å². The first kappa shape index (κ1) is 23.1. The van der Waals surface area contributed by atoms with Crippen molar-refractivity contribution < 1.29 is 18.7 Å². The van der Waals surface area contributed by atoms with Crippen LogP contribution in [0.25, 0.3) is 22.6 Å². The van der Waals surface area contributed by atoms with Crippen molar-refractivity contribution >= 4 is 56.2 Å². The lowest BCUT2D eigenvalue weighted by Gasteiger charge is -2.09. The highest BCUT2D eigenvalue weighted by Gasteiger charge is 2.17. The van der Waals surface area contributed by atoms with Crippen LogP contribution in [0.2, 0.25) is 0 Å². The smallest absolute Gasteiger partial charge is 0.338 e. The molecule has 0 fully saturated rings. The molecule has 170 valence electrons. The molecule has 0 saturated heterocycles. The summed E-state index contributed by atoms with van der Waals surface area (Å²) in [6.07, 6.45) is -0.218. The predicted octanol–water partition coefficient (Wildman–Crippen LogP) is 5.29. The Morgan fingerprint density at radius 2 is 2.00 bits per heavy atom. The Hall–Kier alpha value is -3.11. The van der Waals surface area contributed by atoms with Crippen LogP contribution < -0.4 is 5.32 Å². The van der Waals surface area contributed by atoms with E-state index in [1.165, 1.54) is 11.8 Å². The number of halogens is 1. The van der Waals surface area contributed by atoms with Gasteiger partial charge in [0.1, 0.15) is 5.58 Å². The van der Waals surface area contributed by atoms with Gasteiger partial charge in [0.25, 0.3) is 0 Å². The third-order valence-electron chi connectivity index (χ3n) is 4.59. The van der Waals surface area contributed by atoms with Gasteiger partial charge in [-0.1, -0.05) is 33.8 Å². The summed E-state index contributed by atoms with van der Waals surface area (Å²) in [4.78, 5) is 24.5. The topological polar surface area (TPSA) is 99.2 Å². The Morgan fingerprint density at radius 1 is 1.18 bits per heavy atom. The second-order valence-electron chi connectivity index (χ2n) is 7.53. The molecule has 0 aliphatic carbocycles. The van der Waals surface area contributed by atoms with Gasteiger partial charge in [0.05, 0.1) is 17.4 Å². The summed E-state index contributed by atoms with van der Waals surface area (Å²) in [5, 5.41) is 12.7. The predicted molar refractivity (Wildman–Crippen MR) is 130 cm³/mol. The second-order valence-corrected chi connectivity index (χ2v) is 9.39. The monoisotopic (exact) mass is 528 g/mol. The van der Waals surface area contributed by atoms with E-state index in [4.69, 9.17) is 9.15 Å². The lowest BCUT2D eigenvalue weighted by Crippen LogP contribution is -2.16. The van der Waals surface area contributed by atoms with Crippen LogP contribution in [0.3, 0.4) is 0 Å². The quantitative estimate of drug-likeness (QED) is 0.257. The van der Waals surface area contributed by atoms with Crippen molar-refractivity contribution in [2.45, 2.75) is 25.1 Å². The Kier molecular flexibility index (Phi) is 6.85. The molecule has 0 saturated carbocycles. The molecule has 2 heterocycles. The molecule has 0 aliphatic heterocycles. The molecule has 8 nitrogen and oxygen atoms in total.